The average molecular weight is 309 g/mol. The fraction of sp³-hybridized carbons (Fsp3) is 0.429. The van der Waals surface area contributed by atoms with Gasteiger partial charge in [0, 0.05) is 48.3 Å². The van der Waals surface area contributed by atoms with E-state index in [1.54, 1.807) is 23.7 Å². The normalized spacial score (nSPS) is 16.6. The van der Waals surface area contributed by atoms with Crippen molar-refractivity contribution in [3.8, 4) is 0 Å². The second-order valence-electron chi connectivity index (χ2n) is 4.92. The van der Waals surface area contributed by atoms with Crippen molar-refractivity contribution in [1.82, 2.24) is 15.3 Å². The van der Waals surface area contributed by atoms with Crippen LogP contribution in [0, 0.1) is 0 Å². The van der Waals surface area contributed by atoms with Gasteiger partial charge in [-0.1, -0.05) is 11.6 Å². The van der Waals surface area contributed by atoms with E-state index in [0.29, 0.717) is 6.04 Å². The van der Waals surface area contributed by atoms with Crippen LogP contribution < -0.4 is 10.2 Å². The topological polar surface area (TPSA) is 41.0 Å². The number of hydrogen-bond donors (Lipinski definition) is 1. The molecule has 0 saturated carbocycles. The number of hydrogen-bond acceptors (Lipinski definition) is 5. The first-order valence-corrected chi connectivity index (χ1v) is 8.05. The summed E-state index contributed by atoms with van der Waals surface area (Å²) in [6.45, 7) is 2.92. The van der Waals surface area contributed by atoms with Gasteiger partial charge in [-0.2, -0.15) is 0 Å². The fourth-order valence-electron chi connectivity index (χ4n) is 2.43. The van der Waals surface area contributed by atoms with Crippen LogP contribution in [0.3, 0.4) is 0 Å². The SMILES string of the molecule is Clc1csc(CNC2CCN(c3ncccn3)CC2)c1. The second-order valence-corrected chi connectivity index (χ2v) is 6.35. The lowest BCUT2D eigenvalue weighted by molar-refractivity contribution is 0.412. The first-order valence-electron chi connectivity index (χ1n) is 6.79. The summed E-state index contributed by atoms with van der Waals surface area (Å²) in [5.74, 6) is 0.844. The van der Waals surface area contributed by atoms with Gasteiger partial charge in [0.1, 0.15) is 0 Å². The number of halogens is 1. The molecule has 6 heteroatoms. The Morgan fingerprint density at radius 3 is 2.70 bits per heavy atom. The van der Waals surface area contributed by atoms with Gasteiger partial charge in [-0.25, -0.2) is 9.97 Å². The summed E-state index contributed by atoms with van der Waals surface area (Å²) < 4.78 is 0. The Bertz CT molecular complexity index is 537. The summed E-state index contributed by atoms with van der Waals surface area (Å²) in [6, 6.07) is 4.45. The standard InChI is InChI=1S/C14H17ClN4S/c15-11-8-13(20-10-11)9-18-12-2-6-19(7-3-12)14-16-4-1-5-17-14/h1,4-5,8,10,12,18H,2-3,6-7,9H2. The van der Waals surface area contributed by atoms with Crippen LogP contribution in [0.1, 0.15) is 17.7 Å². The molecule has 0 atom stereocenters. The van der Waals surface area contributed by atoms with E-state index in [0.717, 1.165) is 43.4 Å². The minimum Gasteiger partial charge on any atom is -0.341 e. The molecule has 2 aromatic heterocycles. The molecule has 0 amide bonds. The molecule has 3 rings (SSSR count). The van der Waals surface area contributed by atoms with Crippen molar-refractivity contribution >= 4 is 28.9 Å². The Balaban J connectivity index is 1.47. The average Bonchev–Trinajstić information content (AvgIpc) is 2.92. The van der Waals surface area contributed by atoms with Crippen LogP contribution in [0.2, 0.25) is 5.02 Å². The van der Waals surface area contributed by atoms with Crippen LogP contribution in [0.25, 0.3) is 0 Å². The Kier molecular flexibility index (Phi) is 4.50. The highest BCUT2D eigenvalue weighted by molar-refractivity contribution is 7.10. The van der Waals surface area contributed by atoms with Crippen molar-refractivity contribution in [2.45, 2.75) is 25.4 Å². The number of thiophene rings is 1. The first-order chi connectivity index (χ1) is 9.81. The van der Waals surface area contributed by atoms with E-state index in [-0.39, 0.29) is 0 Å². The highest BCUT2D eigenvalue weighted by Gasteiger charge is 2.20. The maximum atomic E-state index is 5.93. The molecule has 0 radical (unpaired) electrons. The van der Waals surface area contributed by atoms with E-state index in [2.05, 4.69) is 20.2 Å². The van der Waals surface area contributed by atoms with Gasteiger partial charge < -0.3 is 10.2 Å². The minimum absolute atomic E-state index is 0.566. The molecule has 4 nitrogen and oxygen atoms in total. The molecule has 1 fully saturated rings. The van der Waals surface area contributed by atoms with Gasteiger partial charge in [-0.05, 0) is 25.0 Å². The van der Waals surface area contributed by atoms with Crippen LogP contribution >= 0.6 is 22.9 Å². The van der Waals surface area contributed by atoms with Crippen LogP contribution in [-0.2, 0) is 6.54 Å². The molecule has 1 aliphatic heterocycles. The van der Waals surface area contributed by atoms with Crippen LogP contribution in [0.5, 0.6) is 0 Å². The summed E-state index contributed by atoms with van der Waals surface area (Å²) in [5.41, 5.74) is 0. The van der Waals surface area contributed by atoms with Crippen LogP contribution in [0.4, 0.5) is 5.95 Å². The minimum atomic E-state index is 0.566. The predicted molar refractivity (Wildman–Crippen MR) is 83.4 cm³/mol. The smallest absolute Gasteiger partial charge is 0.225 e. The van der Waals surface area contributed by atoms with E-state index in [1.807, 2.05) is 17.5 Å². The van der Waals surface area contributed by atoms with Gasteiger partial charge in [0.25, 0.3) is 0 Å². The number of rotatable bonds is 4. The van der Waals surface area contributed by atoms with Gasteiger partial charge >= 0.3 is 0 Å². The molecule has 0 aromatic carbocycles. The number of nitrogens with zero attached hydrogens (tertiary/aromatic N) is 3. The monoisotopic (exact) mass is 308 g/mol. The Labute approximate surface area is 127 Å². The summed E-state index contributed by atoms with van der Waals surface area (Å²) in [7, 11) is 0. The molecule has 0 spiro atoms. The summed E-state index contributed by atoms with van der Waals surface area (Å²) >= 11 is 7.64. The van der Waals surface area contributed by atoms with E-state index in [4.69, 9.17) is 11.6 Å². The highest BCUT2D eigenvalue weighted by Crippen LogP contribution is 2.20. The maximum absolute atomic E-state index is 5.93. The van der Waals surface area contributed by atoms with Gasteiger partial charge in [0.05, 0.1) is 5.02 Å². The Morgan fingerprint density at radius 1 is 1.30 bits per heavy atom. The van der Waals surface area contributed by atoms with E-state index in [9.17, 15) is 0 Å². The lowest BCUT2D eigenvalue weighted by atomic mass is 10.1. The first kappa shape index (κ1) is 13.8. The maximum Gasteiger partial charge on any atom is 0.225 e. The number of nitrogens with one attached hydrogen (secondary N) is 1. The van der Waals surface area contributed by atoms with Gasteiger partial charge in [-0.15, -0.1) is 11.3 Å². The summed E-state index contributed by atoms with van der Waals surface area (Å²) in [5, 5.41) is 6.42. The van der Waals surface area contributed by atoms with Crippen LogP contribution in [-0.4, -0.2) is 29.1 Å². The zero-order valence-electron chi connectivity index (χ0n) is 11.1. The van der Waals surface area contributed by atoms with Crippen molar-refractivity contribution in [1.29, 1.82) is 0 Å². The number of piperidine rings is 1. The second kappa shape index (κ2) is 6.52. The Hall–Kier alpha value is -1.17. The molecule has 0 aliphatic carbocycles. The zero-order chi connectivity index (χ0) is 13.8. The van der Waals surface area contributed by atoms with Gasteiger partial charge in [-0.3, -0.25) is 0 Å². The number of anilines is 1. The van der Waals surface area contributed by atoms with Gasteiger partial charge in [0.15, 0.2) is 0 Å². The Morgan fingerprint density at radius 2 is 2.05 bits per heavy atom. The molecule has 2 aromatic rings. The summed E-state index contributed by atoms with van der Waals surface area (Å²) in [6.07, 6.45) is 5.84. The van der Waals surface area contributed by atoms with E-state index >= 15 is 0 Å². The van der Waals surface area contributed by atoms with Crippen molar-refractivity contribution in [3.05, 3.63) is 39.8 Å². The molecule has 0 unspecified atom stereocenters. The number of aromatic nitrogens is 2. The van der Waals surface area contributed by atoms with E-state index < -0.39 is 0 Å². The third kappa shape index (κ3) is 3.48. The van der Waals surface area contributed by atoms with Crippen molar-refractivity contribution in [2.24, 2.45) is 0 Å². The lowest BCUT2D eigenvalue weighted by Crippen LogP contribution is -2.42. The quantitative estimate of drug-likeness (QED) is 0.943. The zero-order valence-corrected chi connectivity index (χ0v) is 12.7. The molecule has 1 N–H and O–H groups in total. The highest BCUT2D eigenvalue weighted by atomic mass is 35.5. The molecule has 1 saturated heterocycles. The lowest BCUT2D eigenvalue weighted by Gasteiger charge is -2.32. The third-order valence-corrected chi connectivity index (χ3v) is 4.80. The van der Waals surface area contributed by atoms with E-state index in [1.165, 1.54) is 4.88 Å². The predicted octanol–water partition coefficient (Wildman–Crippen LogP) is 2.95. The van der Waals surface area contributed by atoms with Crippen molar-refractivity contribution in [2.75, 3.05) is 18.0 Å². The molecule has 20 heavy (non-hydrogen) atoms. The molecule has 3 heterocycles. The fourth-order valence-corrected chi connectivity index (χ4v) is 3.45. The molecule has 0 bridgehead atoms. The van der Waals surface area contributed by atoms with Crippen LogP contribution in [0.15, 0.2) is 29.9 Å². The molecule has 1 aliphatic rings. The molecule has 106 valence electrons. The van der Waals surface area contributed by atoms with Crippen molar-refractivity contribution in [3.63, 3.8) is 0 Å². The van der Waals surface area contributed by atoms with Crippen molar-refractivity contribution < 1.29 is 0 Å². The van der Waals surface area contributed by atoms with Gasteiger partial charge in [0.2, 0.25) is 5.95 Å². The molecular weight excluding hydrogens is 292 g/mol. The largest absolute Gasteiger partial charge is 0.341 e. The summed E-state index contributed by atoms with van der Waals surface area (Å²) in [4.78, 5) is 12.2. The third-order valence-electron chi connectivity index (χ3n) is 3.52. The molecular formula is C14H17ClN4S.